The molecule has 0 saturated heterocycles. The molecule has 0 nitrogen and oxygen atoms in total. The van der Waals surface area contributed by atoms with E-state index >= 15 is 0 Å². The molecule has 0 unspecified atom stereocenters. The van der Waals surface area contributed by atoms with Crippen LogP contribution in [0.4, 0.5) is 0 Å². The van der Waals surface area contributed by atoms with E-state index in [0.717, 1.165) is 0 Å². The molecule has 0 fully saturated rings. The summed E-state index contributed by atoms with van der Waals surface area (Å²) >= 11 is 0. The van der Waals surface area contributed by atoms with Crippen LogP contribution in [-0.2, 0) is 0 Å². The predicted molar refractivity (Wildman–Crippen MR) is 216 cm³/mol. The third kappa shape index (κ3) is 4.54. The fourth-order valence-electron chi connectivity index (χ4n) is 8.17. The van der Waals surface area contributed by atoms with E-state index in [4.69, 9.17) is 0 Å². The molecule has 232 valence electrons. The van der Waals surface area contributed by atoms with Crippen molar-refractivity contribution in [1.82, 2.24) is 0 Å². The summed E-state index contributed by atoms with van der Waals surface area (Å²) in [6, 6.07) is 71.4. The summed E-state index contributed by atoms with van der Waals surface area (Å²) in [5, 5.41) is 12.7. The van der Waals surface area contributed by atoms with E-state index in [2.05, 4.69) is 194 Å². The lowest BCUT2D eigenvalue weighted by atomic mass is 9.82. The summed E-state index contributed by atoms with van der Waals surface area (Å²) in [5.74, 6) is 0. The average molecular weight is 633 g/mol. The van der Waals surface area contributed by atoms with E-state index < -0.39 is 0 Å². The Kier molecular flexibility index (Phi) is 6.60. The van der Waals surface area contributed by atoms with Crippen molar-refractivity contribution < 1.29 is 0 Å². The van der Waals surface area contributed by atoms with Gasteiger partial charge in [0.25, 0.3) is 0 Å². The number of fused-ring (bicyclic) bond motifs is 6. The Labute approximate surface area is 291 Å². The van der Waals surface area contributed by atoms with Crippen molar-refractivity contribution in [3.8, 4) is 44.5 Å². The third-order valence-electron chi connectivity index (χ3n) is 10.4. The fraction of sp³-hybridized carbons (Fsp3) is 0. The van der Waals surface area contributed by atoms with E-state index in [1.165, 1.54) is 98.4 Å². The molecule has 0 bridgehead atoms. The molecule has 0 atom stereocenters. The van der Waals surface area contributed by atoms with Crippen LogP contribution >= 0.6 is 0 Å². The Bertz CT molecular complexity index is 2910. The Morgan fingerprint density at radius 1 is 0.200 bits per heavy atom. The van der Waals surface area contributed by atoms with Crippen molar-refractivity contribution in [2.45, 2.75) is 0 Å². The zero-order chi connectivity index (χ0) is 33.0. The molecule has 10 aromatic carbocycles. The summed E-state index contributed by atoms with van der Waals surface area (Å²) in [5.41, 5.74) is 9.95. The lowest BCUT2D eigenvalue weighted by molar-refractivity contribution is 1.62. The summed E-state index contributed by atoms with van der Waals surface area (Å²) in [6.45, 7) is 0. The van der Waals surface area contributed by atoms with Gasteiger partial charge >= 0.3 is 0 Å². The SMILES string of the molecule is c1ccc(-c2ccc3c(-c4cc5ccccc5c5ccccc45)c4ccccc4c(-c4cccc(-c5cccc6ccccc56)c4)c3c2)cc1. The molecular weight excluding hydrogens is 601 g/mol. The maximum absolute atomic E-state index is 2.42. The van der Waals surface area contributed by atoms with Gasteiger partial charge in [-0.2, -0.15) is 0 Å². The molecule has 10 aromatic rings. The minimum Gasteiger partial charge on any atom is -0.0622 e. The van der Waals surface area contributed by atoms with Gasteiger partial charge in [0.15, 0.2) is 0 Å². The van der Waals surface area contributed by atoms with Gasteiger partial charge in [0, 0.05) is 0 Å². The number of hydrogen-bond donors (Lipinski definition) is 0. The van der Waals surface area contributed by atoms with Gasteiger partial charge in [-0.05, 0) is 117 Å². The first-order chi connectivity index (χ1) is 24.8. The zero-order valence-electron chi connectivity index (χ0n) is 27.5. The van der Waals surface area contributed by atoms with Gasteiger partial charge in [-0.3, -0.25) is 0 Å². The van der Waals surface area contributed by atoms with Gasteiger partial charge < -0.3 is 0 Å². The molecule has 50 heavy (non-hydrogen) atoms. The van der Waals surface area contributed by atoms with Crippen LogP contribution in [0.1, 0.15) is 0 Å². The van der Waals surface area contributed by atoms with E-state index in [-0.39, 0.29) is 0 Å². The van der Waals surface area contributed by atoms with Crippen LogP contribution in [0, 0.1) is 0 Å². The quantitative estimate of drug-likeness (QED) is 0.134. The Balaban J connectivity index is 1.33. The Hall–Kier alpha value is -6.50. The summed E-state index contributed by atoms with van der Waals surface area (Å²) < 4.78 is 0. The molecule has 0 saturated carbocycles. The van der Waals surface area contributed by atoms with Crippen molar-refractivity contribution in [2.75, 3.05) is 0 Å². The first kappa shape index (κ1) is 28.5. The highest BCUT2D eigenvalue weighted by Gasteiger charge is 2.20. The van der Waals surface area contributed by atoms with Gasteiger partial charge in [-0.1, -0.05) is 176 Å². The molecule has 0 heterocycles. The number of benzene rings is 10. The number of rotatable bonds is 4. The first-order valence-corrected chi connectivity index (χ1v) is 17.4. The first-order valence-electron chi connectivity index (χ1n) is 17.4. The predicted octanol–water partition coefficient (Wildman–Crippen LogP) is 14.1. The smallest absolute Gasteiger partial charge is 0.00199 e. The maximum Gasteiger partial charge on any atom is -0.00199 e. The minimum atomic E-state index is 1.22. The van der Waals surface area contributed by atoms with Crippen molar-refractivity contribution >= 4 is 53.9 Å². The minimum absolute atomic E-state index is 1.22. The number of hydrogen-bond acceptors (Lipinski definition) is 0. The summed E-state index contributed by atoms with van der Waals surface area (Å²) in [7, 11) is 0. The molecule has 10 rings (SSSR count). The van der Waals surface area contributed by atoms with E-state index in [9.17, 15) is 0 Å². The molecule has 0 amide bonds. The van der Waals surface area contributed by atoms with Gasteiger partial charge in [-0.25, -0.2) is 0 Å². The topological polar surface area (TPSA) is 0 Å². The van der Waals surface area contributed by atoms with Crippen LogP contribution in [0.5, 0.6) is 0 Å². The van der Waals surface area contributed by atoms with Crippen molar-refractivity contribution in [2.24, 2.45) is 0 Å². The zero-order valence-corrected chi connectivity index (χ0v) is 27.5. The van der Waals surface area contributed by atoms with Crippen LogP contribution < -0.4 is 0 Å². The molecular formula is C50H32. The molecule has 0 aliphatic carbocycles. The highest BCUT2D eigenvalue weighted by atomic mass is 14.2. The average Bonchev–Trinajstić information content (AvgIpc) is 3.19. The second-order valence-corrected chi connectivity index (χ2v) is 13.2. The maximum atomic E-state index is 2.42. The van der Waals surface area contributed by atoms with Gasteiger partial charge in [-0.15, -0.1) is 0 Å². The van der Waals surface area contributed by atoms with Crippen molar-refractivity contribution in [1.29, 1.82) is 0 Å². The van der Waals surface area contributed by atoms with E-state index in [1.807, 2.05) is 0 Å². The van der Waals surface area contributed by atoms with Gasteiger partial charge in [0.05, 0.1) is 0 Å². The highest BCUT2D eigenvalue weighted by Crippen LogP contribution is 2.48. The van der Waals surface area contributed by atoms with Crippen LogP contribution in [0.25, 0.3) is 98.4 Å². The molecule has 0 aliphatic heterocycles. The highest BCUT2D eigenvalue weighted by molar-refractivity contribution is 6.26. The normalized spacial score (nSPS) is 11.6. The standard InChI is InChI=1S/C50H32/c1-2-14-33(15-3-1)35-28-29-46-48(31-35)49(38-20-12-19-36(30-38)40-27-13-18-34-16-4-6-21-39(34)40)44-25-10-11-26-45(44)50(46)47-32-37-17-5-7-22-41(37)42-23-8-9-24-43(42)47/h1-32H. The lowest BCUT2D eigenvalue weighted by Crippen LogP contribution is -1.93. The van der Waals surface area contributed by atoms with Crippen LogP contribution in [-0.4, -0.2) is 0 Å². The molecule has 0 aromatic heterocycles. The monoisotopic (exact) mass is 632 g/mol. The largest absolute Gasteiger partial charge is 0.0622 e. The third-order valence-corrected chi connectivity index (χ3v) is 10.4. The molecule has 0 N–H and O–H groups in total. The molecule has 0 radical (unpaired) electrons. The summed E-state index contributed by atoms with van der Waals surface area (Å²) in [6.07, 6.45) is 0. The van der Waals surface area contributed by atoms with Crippen LogP contribution in [0.2, 0.25) is 0 Å². The van der Waals surface area contributed by atoms with E-state index in [1.54, 1.807) is 0 Å². The van der Waals surface area contributed by atoms with Crippen molar-refractivity contribution in [3.05, 3.63) is 194 Å². The molecule has 0 spiro atoms. The molecule has 0 heteroatoms. The van der Waals surface area contributed by atoms with Crippen LogP contribution in [0.3, 0.4) is 0 Å². The second-order valence-electron chi connectivity index (χ2n) is 13.2. The van der Waals surface area contributed by atoms with Gasteiger partial charge in [0.2, 0.25) is 0 Å². The van der Waals surface area contributed by atoms with Crippen molar-refractivity contribution in [3.63, 3.8) is 0 Å². The van der Waals surface area contributed by atoms with E-state index in [0.29, 0.717) is 0 Å². The van der Waals surface area contributed by atoms with Gasteiger partial charge in [0.1, 0.15) is 0 Å². The van der Waals surface area contributed by atoms with Crippen LogP contribution in [0.15, 0.2) is 194 Å². The summed E-state index contributed by atoms with van der Waals surface area (Å²) in [4.78, 5) is 0. The Morgan fingerprint density at radius 2 is 0.760 bits per heavy atom. The molecule has 0 aliphatic rings. The Morgan fingerprint density at radius 3 is 1.58 bits per heavy atom. The second kappa shape index (κ2) is 11.6. The lowest BCUT2D eigenvalue weighted by Gasteiger charge is -2.21. The fourth-order valence-corrected chi connectivity index (χ4v) is 8.17.